The average molecular weight is 571 g/mol. The molecule has 0 unspecified atom stereocenters. The largest absolute Gasteiger partial charge is 0.368 e. The summed E-state index contributed by atoms with van der Waals surface area (Å²) in [5, 5.41) is 12.7. The van der Waals surface area contributed by atoms with Crippen LogP contribution in [0.5, 0.6) is 0 Å². The van der Waals surface area contributed by atoms with Crippen molar-refractivity contribution in [2.45, 2.75) is 17.9 Å². The summed E-state index contributed by atoms with van der Waals surface area (Å²) in [6.07, 6.45) is 6.25. The summed E-state index contributed by atoms with van der Waals surface area (Å²) in [4.78, 5) is 12.6. The molecule has 0 fully saturated rings. The van der Waals surface area contributed by atoms with Gasteiger partial charge < -0.3 is 4.90 Å². The number of benzene rings is 2. The highest BCUT2D eigenvalue weighted by Gasteiger charge is 2.34. The Morgan fingerprint density at radius 3 is 2.39 bits per heavy atom. The van der Waals surface area contributed by atoms with E-state index in [0.29, 0.717) is 42.4 Å². The lowest BCUT2D eigenvalue weighted by molar-refractivity contribution is -0.385. The minimum absolute atomic E-state index is 0.129. The van der Waals surface area contributed by atoms with Crippen molar-refractivity contribution in [3.63, 3.8) is 0 Å². The Morgan fingerprint density at radius 1 is 1.16 bits per heavy atom. The number of alkyl halides is 2. The molecule has 0 N–H and O–H groups in total. The summed E-state index contributed by atoms with van der Waals surface area (Å²) < 4.78 is 28.9. The van der Waals surface area contributed by atoms with Gasteiger partial charge in [-0.15, -0.1) is 6.42 Å². The highest BCUT2D eigenvalue weighted by Crippen LogP contribution is 2.37. The van der Waals surface area contributed by atoms with Crippen molar-refractivity contribution < 1.29 is 13.3 Å². The van der Waals surface area contributed by atoms with Crippen molar-refractivity contribution in [1.82, 2.24) is 4.31 Å². The van der Waals surface area contributed by atoms with Gasteiger partial charge in [-0.3, -0.25) is 10.1 Å². The van der Waals surface area contributed by atoms with Crippen LogP contribution in [0.4, 0.5) is 11.4 Å². The van der Waals surface area contributed by atoms with Crippen molar-refractivity contribution in [1.29, 1.82) is 0 Å². The minimum atomic E-state index is -4.04. The number of sulfonamides is 1. The third-order valence-electron chi connectivity index (χ3n) is 5.16. The van der Waals surface area contributed by atoms with Crippen LogP contribution in [-0.2, 0) is 23.0 Å². The molecular formula is C21H21Br2N3O4S. The Balaban J connectivity index is 2.18. The number of terminal acetylenes is 1. The van der Waals surface area contributed by atoms with Gasteiger partial charge in [0.05, 0.1) is 16.2 Å². The number of anilines is 1. The summed E-state index contributed by atoms with van der Waals surface area (Å²) in [5.41, 5.74) is 2.21. The van der Waals surface area contributed by atoms with Crippen molar-refractivity contribution in [2.75, 3.05) is 35.2 Å². The molecule has 0 radical (unpaired) electrons. The predicted octanol–water partition coefficient (Wildman–Crippen LogP) is 3.92. The molecule has 10 heteroatoms. The summed E-state index contributed by atoms with van der Waals surface area (Å²) >= 11 is 6.79. The molecule has 0 amide bonds. The zero-order valence-electron chi connectivity index (χ0n) is 16.6. The van der Waals surface area contributed by atoms with Gasteiger partial charge in [-0.25, -0.2) is 8.42 Å². The van der Waals surface area contributed by atoms with Crippen LogP contribution < -0.4 is 4.90 Å². The summed E-state index contributed by atoms with van der Waals surface area (Å²) in [6, 6.07) is 10.1. The fraction of sp³-hybridized carbons (Fsp3) is 0.333. The summed E-state index contributed by atoms with van der Waals surface area (Å²) in [7, 11) is -4.04. The molecule has 1 heterocycles. The van der Waals surface area contributed by atoms with Crippen molar-refractivity contribution in [3.8, 4) is 12.3 Å². The molecule has 1 aliphatic rings. The molecule has 0 saturated heterocycles. The minimum Gasteiger partial charge on any atom is -0.368 e. The molecule has 31 heavy (non-hydrogen) atoms. The van der Waals surface area contributed by atoms with Crippen LogP contribution in [0.2, 0.25) is 0 Å². The SMILES string of the molecule is C#Cc1cc([N+](=O)[O-])cc(S(=O)(=O)N2CCc3ccccc3C2)c1N(CCBr)CCBr. The lowest BCUT2D eigenvalue weighted by Crippen LogP contribution is -2.38. The molecule has 164 valence electrons. The fourth-order valence-electron chi connectivity index (χ4n) is 3.69. The Bertz CT molecular complexity index is 1130. The second kappa shape index (κ2) is 10.1. The molecule has 0 saturated carbocycles. The lowest BCUT2D eigenvalue weighted by atomic mass is 10.0. The number of fused-ring (bicyclic) bond motifs is 1. The first-order valence-corrected chi connectivity index (χ1v) is 13.2. The normalized spacial score (nSPS) is 14.0. The summed E-state index contributed by atoms with van der Waals surface area (Å²) in [6.45, 7) is 1.49. The van der Waals surface area contributed by atoms with Crippen LogP contribution >= 0.6 is 31.9 Å². The number of nitro benzene ring substituents is 1. The molecule has 0 atom stereocenters. The molecule has 3 rings (SSSR count). The van der Waals surface area contributed by atoms with Gasteiger partial charge in [0.25, 0.3) is 5.69 Å². The van der Waals surface area contributed by atoms with Gasteiger partial charge in [-0.05, 0) is 17.5 Å². The average Bonchev–Trinajstić information content (AvgIpc) is 2.77. The van der Waals surface area contributed by atoms with Crippen LogP contribution in [0.25, 0.3) is 0 Å². The predicted molar refractivity (Wildman–Crippen MR) is 129 cm³/mol. The number of halogens is 2. The Morgan fingerprint density at radius 2 is 1.81 bits per heavy atom. The third kappa shape index (κ3) is 4.95. The van der Waals surface area contributed by atoms with E-state index in [2.05, 4.69) is 37.8 Å². The molecule has 0 bridgehead atoms. The maximum atomic E-state index is 13.8. The van der Waals surface area contributed by atoms with Crippen molar-refractivity contribution in [2.24, 2.45) is 0 Å². The maximum absolute atomic E-state index is 13.8. The summed E-state index contributed by atoms with van der Waals surface area (Å²) in [5.74, 6) is 2.46. The number of nitro groups is 1. The van der Waals surface area contributed by atoms with Gasteiger partial charge in [-0.2, -0.15) is 4.31 Å². The zero-order valence-corrected chi connectivity index (χ0v) is 20.6. The number of hydrogen-bond acceptors (Lipinski definition) is 5. The van der Waals surface area contributed by atoms with E-state index in [9.17, 15) is 18.5 Å². The van der Waals surface area contributed by atoms with E-state index in [4.69, 9.17) is 6.42 Å². The standard InChI is InChI=1S/C21H21Br2N3O4S/c1-2-16-13-19(26(27)28)14-20(21(16)24(11-8-22)12-9-23)31(29,30)25-10-7-17-5-3-4-6-18(17)15-25/h1,3-6,13-14H,7-12,15H2. The Hall–Kier alpha value is -1.93. The van der Waals surface area contributed by atoms with Crippen LogP contribution in [-0.4, -0.2) is 47.9 Å². The van der Waals surface area contributed by atoms with Crippen LogP contribution in [0.1, 0.15) is 16.7 Å². The van der Waals surface area contributed by atoms with Gasteiger partial charge in [0.15, 0.2) is 0 Å². The monoisotopic (exact) mass is 569 g/mol. The first-order chi connectivity index (χ1) is 14.8. The van der Waals surface area contributed by atoms with Gasteiger partial charge >= 0.3 is 0 Å². The van der Waals surface area contributed by atoms with E-state index in [-0.39, 0.29) is 22.7 Å². The highest BCUT2D eigenvalue weighted by molar-refractivity contribution is 9.09. The first-order valence-electron chi connectivity index (χ1n) is 9.56. The molecule has 2 aromatic rings. The Kier molecular flexibility index (Phi) is 7.75. The molecule has 2 aromatic carbocycles. The van der Waals surface area contributed by atoms with E-state index in [0.717, 1.165) is 17.2 Å². The lowest BCUT2D eigenvalue weighted by Gasteiger charge is -2.31. The quantitative estimate of drug-likeness (QED) is 0.208. The smallest absolute Gasteiger partial charge is 0.272 e. The fourth-order valence-corrected chi connectivity index (χ4v) is 6.21. The topological polar surface area (TPSA) is 83.8 Å². The van der Waals surface area contributed by atoms with E-state index in [1.54, 1.807) is 0 Å². The maximum Gasteiger partial charge on any atom is 0.272 e. The van der Waals surface area contributed by atoms with Gasteiger partial charge in [0.1, 0.15) is 4.90 Å². The van der Waals surface area contributed by atoms with Gasteiger partial charge in [0, 0.05) is 49.0 Å². The molecule has 1 aliphatic heterocycles. The van der Waals surface area contributed by atoms with Crippen LogP contribution in [0.15, 0.2) is 41.3 Å². The van der Waals surface area contributed by atoms with E-state index >= 15 is 0 Å². The van der Waals surface area contributed by atoms with Crippen molar-refractivity contribution in [3.05, 3.63) is 63.2 Å². The molecular weight excluding hydrogens is 550 g/mol. The second-order valence-electron chi connectivity index (χ2n) is 6.96. The van der Waals surface area contributed by atoms with Crippen LogP contribution in [0, 0.1) is 22.5 Å². The molecule has 0 aliphatic carbocycles. The molecule has 0 aromatic heterocycles. The van der Waals surface area contributed by atoms with Gasteiger partial charge in [0.2, 0.25) is 10.0 Å². The Labute approximate surface area is 198 Å². The van der Waals surface area contributed by atoms with Gasteiger partial charge in [-0.1, -0.05) is 62.0 Å². The highest BCUT2D eigenvalue weighted by atomic mass is 79.9. The van der Waals surface area contributed by atoms with Crippen LogP contribution in [0.3, 0.4) is 0 Å². The van der Waals surface area contributed by atoms with E-state index in [1.807, 2.05) is 29.2 Å². The zero-order chi connectivity index (χ0) is 22.6. The number of hydrogen-bond donors (Lipinski definition) is 0. The first kappa shape index (κ1) is 23.7. The van der Waals surface area contributed by atoms with E-state index in [1.165, 1.54) is 10.4 Å². The van der Waals surface area contributed by atoms with Crippen molar-refractivity contribution >= 4 is 53.3 Å². The molecule has 7 nitrogen and oxygen atoms in total. The number of rotatable bonds is 8. The number of non-ortho nitro benzene ring substituents is 1. The number of nitrogens with zero attached hydrogens (tertiary/aromatic N) is 3. The van der Waals surface area contributed by atoms with E-state index < -0.39 is 14.9 Å². The molecule has 0 spiro atoms. The third-order valence-corrected chi connectivity index (χ3v) is 7.73. The second-order valence-corrected chi connectivity index (χ2v) is 10.5.